The number of carbonyl (C=O) groups excluding carboxylic acids is 1. The summed E-state index contributed by atoms with van der Waals surface area (Å²) < 4.78 is 44.4. The van der Waals surface area contributed by atoms with Crippen molar-refractivity contribution in [3.63, 3.8) is 0 Å². The molecule has 2 aliphatic rings. The van der Waals surface area contributed by atoms with Crippen LogP contribution in [0.2, 0.25) is 5.28 Å². The highest BCUT2D eigenvalue weighted by atomic mass is 35.5. The molecule has 0 aromatic carbocycles. The summed E-state index contributed by atoms with van der Waals surface area (Å²) in [4.78, 5) is 28.1. The van der Waals surface area contributed by atoms with Gasteiger partial charge in [0.15, 0.2) is 0 Å². The number of pyridine rings is 1. The van der Waals surface area contributed by atoms with Crippen molar-refractivity contribution in [1.82, 2.24) is 24.8 Å². The van der Waals surface area contributed by atoms with Gasteiger partial charge in [-0.05, 0) is 23.7 Å². The second-order valence-corrected chi connectivity index (χ2v) is 7.53. The first-order valence-corrected chi connectivity index (χ1v) is 10.1. The molecule has 1 atom stereocenters. The fraction of sp³-hybridized carbons (Fsp3) is 0.400. The molecular formula is C20H18ClF3N6O2. The summed E-state index contributed by atoms with van der Waals surface area (Å²) in [6.07, 6.45) is 0.973. The van der Waals surface area contributed by atoms with Gasteiger partial charge in [-0.2, -0.15) is 13.2 Å². The number of urea groups is 1. The minimum atomic E-state index is -4.60. The number of halogens is 4. The van der Waals surface area contributed by atoms with Gasteiger partial charge in [0, 0.05) is 18.7 Å². The second kappa shape index (κ2) is 8.80. The minimum absolute atomic E-state index is 0.00468. The number of aromatic nitrogens is 3. The SMILES string of the molecule is C#C[C@@H](Nc1nc(Cl)nc2c1CN(C(=O)N1CCOCC1)C2)c1cccc(C(F)(F)F)n1. The predicted molar refractivity (Wildman–Crippen MR) is 109 cm³/mol. The first-order valence-electron chi connectivity index (χ1n) is 9.70. The largest absolute Gasteiger partial charge is 0.433 e. The Hall–Kier alpha value is -3.10. The Balaban J connectivity index is 1.57. The van der Waals surface area contributed by atoms with Gasteiger partial charge in [0.2, 0.25) is 5.28 Å². The third kappa shape index (κ3) is 4.56. The molecule has 0 spiro atoms. The molecule has 1 saturated heterocycles. The number of alkyl halides is 3. The first kappa shape index (κ1) is 22.1. The van der Waals surface area contributed by atoms with E-state index in [1.807, 2.05) is 0 Å². The number of anilines is 1. The molecule has 2 amide bonds. The van der Waals surface area contributed by atoms with Crippen LogP contribution < -0.4 is 5.32 Å². The summed E-state index contributed by atoms with van der Waals surface area (Å²) in [7, 11) is 0. The number of rotatable bonds is 3. The van der Waals surface area contributed by atoms with Crippen LogP contribution >= 0.6 is 11.6 Å². The van der Waals surface area contributed by atoms with Gasteiger partial charge in [-0.3, -0.25) is 0 Å². The van der Waals surface area contributed by atoms with Gasteiger partial charge in [0.05, 0.1) is 37.7 Å². The maximum Gasteiger partial charge on any atom is 0.433 e. The number of morpholine rings is 1. The van der Waals surface area contributed by atoms with Gasteiger partial charge in [-0.15, -0.1) is 6.42 Å². The number of fused-ring (bicyclic) bond motifs is 1. The lowest BCUT2D eigenvalue weighted by atomic mass is 10.1. The van der Waals surface area contributed by atoms with Crippen LogP contribution in [0.1, 0.15) is 28.7 Å². The van der Waals surface area contributed by atoms with E-state index in [2.05, 4.69) is 26.2 Å². The molecule has 8 nitrogen and oxygen atoms in total. The highest BCUT2D eigenvalue weighted by Gasteiger charge is 2.34. The van der Waals surface area contributed by atoms with E-state index in [1.165, 1.54) is 12.1 Å². The molecule has 1 fully saturated rings. The Bertz CT molecular complexity index is 1070. The van der Waals surface area contributed by atoms with Crippen LogP contribution in [0, 0.1) is 12.3 Å². The van der Waals surface area contributed by atoms with Gasteiger partial charge in [-0.1, -0.05) is 12.0 Å². The molecule has 32 heavy (non-hydrogen) atoms. The predicted octanol–water partition coefficient (Wildman–Crippen LogP) is 3.10. The molecular weight excluding hydrogens is 449 g/mol. The zero-order chi connectivity index (χ0) is 22.9. The van der Waals surface area contributed by atoms with Crippen molar-refractivity contribution < 1.29 is 22.7 Å². The molecule has 0 unspecified atom stereocenters. The molecule has 0 radical (unpaired) electrons. The summed E-state index contributed by atoms with van der Waals surface area (Å²) in [6.45, 7) is 2.36. The molecule has 0 bridgehead atoms. The standard InChI is InChI=1S/C20H18ClF3N6O2/c1-2-13(14-4-3-5-16(25-14)20(22,23)24)26-17-12-10-30(11-15(12)27-18(21)28-17)19(31)29-6-8-32-9-7-29/h1,3-5,13H,6-11H2,(H,26,27,28)/t13-/m1/s1. The Morgan fingerprint density at radius 2 is 1.94 bits per heavy atom. The average Bonchev–Trinajstić information content (AvgIpc) is 3.21. The van der Waals surface area contributed by atoms with E-state index in [9.17, 15) is 18.0 Å². The highest BCUT2D eigenvalue weighted by Crippen LogP contribution is 2.32. The number of nitrogens with one attached hydrogen (secondary N) is 1. The summed E-state index contributed by atoms with van der Waals surface area (Å²) in [6, 6.07) is 2.32. The van der Waals surface area contributed by atoms with E-state index in [-0.39, 0.29) is 35.9 Å². The summed E-state index contributed by atoms with van der Waals surface area (Å²) >= 11 is 6.05. The van der Waals surface area contributed by atoms with Crippen molar-refractivity contribution in [2.24, 2.45) is 0 Å². The highest BCUT2D eigenvalue weighted by molar-refractivity contribution is 6.28. The van der Waals surface area contributed by atoms with Crippen LogP contribution in [0.5, 0.6) is 0 Å². The molecule has 4 rings (SSSR count). The topological polar surface area (TPSA) is 83.5 Å². The molecule has 1 N–H and O–H groups in total. The molecule has 2 aliphatic heterocycles. The fourth-order valence-corrected chi connectivity index (χ4v) is 3.73. The van der Waals surface area contributed by atoms with E-state index in [1.54, 1.807) is 9.80 Å². The molecule has 4 heterocycles. The molecule has 168 valence electrons. The second-order valence-electron chi connectivity index (χ2n) is 7.19. The van der Waals surface area contributed by atoms with Crippen molar-refractivity contribution in [3.05, 3.63) is 46.1 Å². The van der Waals surface area contributed by atoms with Gasteiger partial charge in [0.25, 0.3) is 0 Å². The zero-order valence-electron chi connectivity index (χ0n) is 16.7. The zero-order valence-corrected chi connectivity index (χ0v) is 17.4. The number of hydrogen-bond acceptors (Lipinski definition) is 6. The van der Waals surface area contributed by atoms with Crippen molar-refractivity contribution in [1.29, 1.82) is 0 Å². The van der Waals surface area contributed by atoms with Crippen molar-refractivity contribution in [2.45, 2.75) is 25.3 Å². The van der Waals surface area contributed by atoms with E-state index in [4.69, 9.17) is 22.8 Å². The van der Waals surface area contributed by atoms with Crippen molar-refractivity contribution >= 4 is 23.4 Å². The Morgan fingerprint density at radius 3 is 2.62 bits per heavy atom. The minimum Gasteiger partial charge on any atom is -0.378 e. The van der Waals surface area contributed by atoms with Crippen LogP contribution in [-0.2, 0) is 24.0 Å². The van der Waals surface area contributed by atoms with E-state index < -0.39 is 17.9 Å². The van der Waals surface area contributed by atoms with Crippen LogP contribution in [0.3, 0.4) is 0 Å². The third-order valence-electron chi connectivity index (χ3n) is 5.11. The van der Waals surface area contributed by atoms with Crippen LogP contribution in [0.15, 0.2) is 18.2 Å². The molecule has 2 aromatic rings. The number of carbonyl (C=O) groups is 1. The van der Waals surface area contributed by atoms with Gasteiger partial charge < -0.3 is 19.9 Å². The molecule has 0 saturated carbocycles. The van der Waals surface area contributed by atoms with Gasteiger partial charge in [-0.25, -0.2) is 19.7 Å². The smallest absolute Gasteiger partial charge is 0.378 e. The Labute approximate surface area is 186 Å². The third-order valence-corrected chi connectivity index (χ3v) is 5.28. The van der Waals surface area contributed by atoms with Crippen LogP contribution in [0.4, 0.5) is 23.8 Å². The quantitative estimate of drug-likeness (QED) is 0.553. The maximum absolute atomic E-state index is 13.0. The average molecular weight is 467 g/mol. The lowest BCUT2D eigenvalue weighted by Gasteiger charge is -2.30. The normalized spacial score (nSPS) is 17.0. The van der Waals surface area contributed by atoms with Crippen molar-refractivity contribution in [3.8, 4) is 12.3 Å². The van der Waals surface area contributed by atoms with Crippen LogP contribution in [0.25, 0.3) is 0 Å². The lowest BCUT2D eigenvalue weighted by Crippen LogP contribution is -2.46. The monoisotopic (exact) mass is 466 g/mol. The van der Waals surface area contributed by atoms with Gasteiger partial charge >= 0.3 is 12.2 Å². The van der Waals surface area contributed by atoms with Crippen LogP contribution in [-0.4, -0.2) is 57.1 Å². The van der Waals surface area contributed by atoms with Gasteiger partial charge in [0.1, 0.15) is 17.6 Å². The molecule has 2 aromatic heterocycles. The summed E-state index contributed by atoms with van der Waals surface area (Å²) in [5, 5.41) is 2.86. The summed E-state index contributed by atoms with van der Waals surface area (Å²) in [5.41, 5.74) is 0.0976. The Kier molecular flexibility index (Phi) is 6.08. The van der Waals surface area contributed by atoms with E-state index in [0.29, 0.717) is 37.6 Å². The van der Waals surface area contributed by atoms with E-state index in [0.717, 1.165) is 6.07 Å². The number of terminal acetylenes is 1. The molecule has 12 heteroatoms. The first-order chi connectivity index (χ1) is 15.3. The fourth-order valence-electron chi connectivity index (χ4n) is 3.54. The number of ether oxygens (including phenoxy) is 1. The molecule has 0 aliphatic carbocycles. The summed E-state index contributed by atoms with van der Waals surface area (Å²) in [5.74, 6) is 2.64. The lowest BCUT2D eigenvalue weighted by molar-refractivity contribution is -0.141. The number of nitrogens with zero attached hydrogens (tertiary/aromatic N) is 5. The van der Waals surface area contributed by atoms with E-state index >= 15 is 0 Å². The number of hydrogen-bond donors (Lipinski definition) is 1. The Morgan fingerprint density at radius 1 is 1.19 bits per heavy atom. The maximum atomic E-state index is 13.0. The van der Waals surface area contributed by atoms with Crippen molar-refractivity contribution in [2.75, 3.05) is 31.6 Å². The number of amides is 2.